The molecule has 2 rings (SSSR count). The fourth-order valence-corrected chi connectivity index (χ4v) is 2.23. The van der Waals surface area contributed by atoms with Crippen molar-refractivity contribution in [3.63, 3.8) is 0 Å². The van der Waals surface area contributed by atoms with Crippen LogP contribution < -0.4 is 25.6 Å². The molecule has 8 nitrogen and oxygen atoms in total. The van der Waals surface area contributed by atoms with Crippen molar-refractivity contribution in [3.8, 4) is 11.5 Å². The lowest BCUT2D eigenvalue weighted by Crippen LogP contribution is -2.47. The van der Waals surface area contributed by atoms with Gasteiger partial charge in [-0.2, -0.15) is 0 Å². The maximum absolute atomic E-state index is 12.1. The molecular formula is C20H23N3O5. The summed E-state index contributed by atoms with van der Waals surface area (Å²) in [4.78, 5) is 35.7. The van der Waals surface area contributed by atoms with Crippen LogP contribution in [0.5, 0.6) is 11.5 Å². The van der Waals surface area contributed by atoms with E-state index in [9.17, 15) is 14.4 Å². The van der Waals surface area contributed by atoms with Gasteiger partial charge in [-0.25, -0.2) is 0 Å². The molecule has 0 radical (unpaired) electrons. The molecule has 2 aromatic rings. The van der Waals surface area contributed by atoms with Gasteiger partial charge in [0, 0.05) is 18.5 Å². The Kier molecular flexibility index (Phi) is 7.83. The largest absolute Gasteiger partial charge is 0.493 e. The van der Waals surface area contributed by atoms with E-state index in [0.717, 1.165) is 0 Å². The minimum Gasteiger partial charge on any atom is -0.493 e. The fraction of sp³-hybridized carbons (Fsp3) is 0.250. The Labute approximate surface area is 163 Å². The van der Waals surface area contributed by atoms with E-state index >= 15 is 0 Å². The molecule has 0 aliphatic rings. The van der Waals surface area contributed by atoms with Gasteiger partial charge in [0.2, 0.25) is 11.8 Å². The summed E-state index contributed by atoms with van der Waals surface area (Å²) in [5.74, 6) is -0.401. The maximum Gasteiger partial charge on any atom is 0.279 e. The van der Waals surface area contributed by atoms with Gasteiger partial charge < -0.3 is 14.8 Å². The first-order valence-electron chi connectivity index (χ1n) is 8.73. The lowest BCUT2D eigenvalue weighted by atomic mass is 10.2. The van der Waals surface area contributed by atoms with Crippen LogP contribution in [0.2, 0.25) is 0 Å². The van der Waals surface area contributed by atoms with Gasteiger partial charge in [-0.05, 0) is 31.2 Å². The van der Waals surface area contributed by atoms with Crippen molar-refractivity contribution in [3.05, 3.63) is 54.6 Å². The fourth-order valence-electron chi connectivity index (χ4n) is 2.23. The van der Waals surface area contributed by atoms with Gasteiger partial charge in [-0.15, -0.1) is 0 Å². The minimum atomic E-state index is -0.863. The third-order valence-electron chi connectivity index (χ3n) is 3.70. The first kappa shape index (κ1) is 20.8. The summed E-state index contributed by atoms with van der Waals surface area (Å²) >= 11 is 0. The highest BCUT2D eigenvalue weighted by Crippen LogP contribution is 2.26. The molecule has 0 aliphatic heterocycles. The first-order chi connectivity index (χ1) is 13.5. The third-order valence-corrected chi connectivity index (χ3v) is 3.70. The molecule has 0 aromatic heterocycles. The molecule has 0 bridgehead atoms. The summed E-state index contributed by atoms with van der Waals surface area (Å²) < 4.78 is 10.7. The van der Waals surface area contributed by atoms with Gasteiger partial charge in [-0.3, -0.25) is 25.2 Å². The number of ether oxygens (including phenoxy) is 2. The van der Waals surface area contributed by atoms with Crippen LogP contribution in [-0.4, -0.2) is 30.9 Å². The lowest BCUT2D eigenvalue weighted by molar-refractivity contribution is -0.133. The topological polar surface area (TPSA) is 106 Å². The van der Waals surface area contributed by atoms with Gasteiger partial charge >= 0.3 is 0 Å². The molecule has 0 saturated carbocycles. The van der Waals surface area contributed by atoms with Gasteiger partial charge in [0.1, 0.15) is 0 Å². The Bertz CT molecular complexity index is 810. The molecular weight excluding hydrogens is 362 g/mol. The van der Waals surface area contributed by atoms with Crippen LogP contribution in [-0.2, 0) is 14.4 Å². The van der Waals surface area contributed by atoms with Crippen molar-refractivity contribution in [2.24, 2.45) is 0 Å². The summed E-state index contributed by atoms with van der Waals surface area (Å²) in [6, 6.07) is 15.9. The van der Waals surface area contributed by atoms with Crippen molar-refractivity contribution < 1.29 is 23.9 Å². The molecule has 0 fully saturated rings. The number of amides is 3. The Morgan fingerprint density at radius 2 is 1.46 bits per heavy atom. The Morgan fingerprint density at radius 1 is 0.857 bits per heavy atom. The number of hydrogen-bond donors (Lipinski definition) is 3. The minimum absolute atomic E-state index is 0.0101. The number of carbonyl (C=O) groups excluding carboxylic acids is 3. The molecule has 0 saturated heterocycles. The molecule has 0 aliphatic carbocycles. The molecule has 0 heterocycles. The van der Waals surface area contributed by atoms with Crippen LogP contribution in [0.4, 0.5) is 5.69 Å². The first-order valence-corrected chi connectivity index (χ1v) is 8.73. The normalized spacial score (nSPS) is 11.1. The van der Waals surface area contributed by atoms with Gasteiger partial charge in [-0.1, -0.05) is 30.3 Å². The van der Waals surface area contributed by atoms with Crippen LogP contribution in [0.3, 0.4) is 0 Å². The van der Waals surface area contributed by atoms with Crippen molar-refractivity contribution in [1.29, 1.82) is 0 Å². The standard InChI is InChI=1S/C20H23N3O5/c1-14(28-17-11-7-6-10-16(17)27-2)20(26)23-22-19(25)13-12-18(24)21-15-8-4-3-5-9-15/h3-11,14H,12-13H2,1-2H3,(H,21,24)(H,22,25)(H,23,26). The number of carbonyl (C=O) groups is 3. The molecule has 2 aromatic carbocycles. The number of benzene rings is 2. The van der Waals surface area contributed by atoms with Crippen molar-refractivity contribution >= 4 is 23.4 Å². The Morgan fingerprint density at radius 3 is 2.14 bits per heavy atom. The third kappa shape index (κ3) is 6.64. The molecule has 28 heavy (non-hydrogen) atoms. The van der Waals surface area contributed by atoms with E-state index in [1.807, 2.05) is 6.07 Å². The molecule has 148 valence electrons. The van der Waals surface area contributed by atoms with Gasteiger partial charge in [0.25, 0.3) is 5.91 Å². The number of anilines is 1. The molecule has 8 heteroatoms. The second-order valence-corrected chi connectivity index (χ2v) is 5.86. The number of nitrogens with one attached hydrogen (secondary N) is 3. The van der Waals surface area contributed by atoms with Gasteiger partial charge in [0.15, 0.2) is 17.6 Å². The maximum atomic E-state index is 12.1. The lowest BCUT2D eigenvalue weighted by Gasteiger charge is -2.16. The second kappa shape index (κ2) is 10.6. The average molecular weight is 385 g/mol. The van der Waals surface area contributed by atoms with E-state index in [1.54, 1.807) is 55.5 Å². The number of methoxy groups -OCH3 is 1. The van der Waals surface area contributed by atoms with Crippen LogP contribution in [0, 0.1) is 0 Å². The van der Waals surface area contributed by atoms with E-state index in [2.05, 4.69) is 16.2 Å². The number of hydrazine groups is 1. The summed E-state index contributed by atoms with van der Waals surface area (Å²) in [6.45, 7) is 1.54. The van der Waals surface area contributed by atoms with Gasteiger partial charge in [0.05, 0.1) is 7.11 Å². The molecule has 3 N–H and O–H groups in total. The quantitative estimate of drug-likeness (QED) is 0.603. The monoisotopic (exact) mass is 385 g/mol. The molecule has 3 amide bonds. The van der Waals surface area contributed by atoms with E-state index in [0.29, 0.717) is 17.2 Å². The summed E-state index contributed by atoms with van der Waals surface area (Å²) in [6.07, 6.45) is -0.942. The number of para-hydroxylation sites is 3. The zero-order valence-corrected chi connectivity index (χ0v) is 15.7. The van der Waals surface area contributed by atoms with E-state index in [4.69, 9.17) is 9.47 Å². The van der Waals surface area contributed by atoms with Crippen molar-refractivity contribution in [2.45, 2.75) is 25.9 Å². The van der Waals surface area contributed by atoms with E-state index < -0.39 is 17.9 Å². The van der Waals surface area contributed by atoms with E-state index in [-0.39, 0.29) is 18.7 Å². The smallest absolute Gasteiger partial charge is 0.279 e. The molecule has 1 atom stereocenters. The van der Waals surface area contributed by atoms with Crippen molar-refractivity contribution in [1.82, 2.24) is 10.9 Å². The highest BCUT2D eigenvalue weighted by atomic mass is 16.5. The Balaban J connectivity index is 1.71. The summed E-state index contributed by atoms with van der Waals surface area (Å²) in [5.41, 5.74) is 5.20. The SMILES string of the molecule is COc1ccccc1OC(C)C(=O)NNC(=O)CCC(=O)Nc1ccccc1. The summed E-state index contributed by atoms with van der Waals surface area (Å²) in [5, 5.41) is 2.68. The summed E-state index contributed by atoms with van der Waals surface area (Å²) in [7, 11) is 1.50. The molecule has 1 unspecified atom stereocenters. The van der Waals surface area contributed by atoms with Crippen LogP contribution in [0.1, 0.15) is 19.8 Å². The number of rotatable bonds is 8. The highest BCUT2D eigenvalue weighted by Gasteiger charge is 2.17. The zero-order valence-electron chi connectivity index (χ0n) is 15.7. The number of hydrogen-bond acceptors (Lipinski definition) is 5. The average Bonchev–Trinajstić information content (AvgIpc) is 2.71. The Hall–Kier alpha value is -3.55. The predicted octanol–water partition coefficient (Wildman–Crippen LogP) is 2.03. The predicted molar refractivity (Wildman–Crippen MR) is 104 cm³/mol. The van der Waals surface area contributed by atoms with Crippen molar-refractivity contribution in [2.75, 3.05) is 12.4 Å². The zero-order chi connectivity index (χ0) is 20.4. The van der Waals surface area contributed by atoms with Crippen LogP contribution in [0.15, 0.2) is 54.6 Å². The second-order valence-electron chi connectivity index (χ2n) is 5.86. The molecule has 0 spiro atoms. The van der Waals surface area contributed by atoms with Crippen LogP contribution >= 0.6 is 0 Å². The van der Waals surface area contributed by atoms with E-state index in [1.165, 1.54) is 7.11 Å². The highest BCUT2D eigenvalue weighted by molar-refractivity contribution is 5.93. The van der Waals surface area contributed by atoms with Crippen LogP contribution in [0.25, 0.3) is 0 Å².